The van der Waals surface area contributed by atoms with E-state index in [1.165, 1.54) is 16.9 Å². The van der Waals surface area contributed by atoms with Gasteiger partial charge in [-0.25, -0.2) is 0 Å². The average molecular weight is 276 g/mol. The summed E-state index contributed by atoms with van der Waals surface area (Å²) in [5, 5.41) is 0. The molecule has 21 heavy (non-hydrogen) atoms. The highest BCUT2D eigenvalue weighted by atomic mass is 16.1. The van der Waals surface area contributed by atoms with E-state index < -0.39 is 0 Å². The minimum Gasteiger partial charge on any atom is -0.325 e. The van der Waals surface area contributed by atoms with Crippen molar-refractivity contribution in [3.8, 4) is 0 Å². The summed E-state index contributed by atoms with van der Waals surface area (Å²) >= 11 is 0. The number of anilines is 2. The maximum atomic E-state index is 11.8. The van der Waals surface area contributed by atoms with Gasteiger partial charge < -0.3 is 9.80 Å². The molecule has 0 unspecified atom stereocenters. The first-order chi connectivity index (χ1) is 10.3. The van der Waals surface area contributed by atoms with Crippen LogP contribution in [0.1, 0.15) is 12.0 Å². The summed E-state index contributed by atoms with van der Waals surface area (Å²) in [6.07, 6.45) is 2.38. The molecule has 2 aliphatic rings. The molecule has 0 atom stereocenters. The van der Waals surface area contributed by atoms with Gasteiger partial charge in [0.25, 0.3) is 0 Å². The Kier molecular flexibility index (Phi) is 2.78. The molecule has 0 fully saturated rings. The van der Waals surface area contributed by atoms with Gasteiger partial charge in [-0.3, -0.25) is 4.79 Å². The number of rotatable bonds is 2. The van der Waals surface area contributed by atoms with Crippen molar-refractivity contribution < 1.29 is 4.79 Å². The van der Waals surface area contributed by atoms with Crippen LogP contribution in [0.15, 0.2) is 66.5 Å². The van der Waals surface area contributed by atoms with E-state index in [1.807, 2.05) is 6.07 Å². The summed E-state index contributed by atoms with van der Waals surface area (Å²) in [4.78, 5) is 16.3. The van der Waals surface area contributed by atoms with E-state index in [1.54, 1.807) is 6.08 Å². The van der Waals surface area contributed by atoms with Gasteiger partial charge in [0.05, 0.1) is 11.4 Å². The lowest BCUT2D eigenvalue weighted by Crippen LogP contribution is -2.33. The minimum atomic E-state index is 0.215. The van der Waals surface area contributed by atoms with Crippen molar-refractivity contribution in [3.63, 3.8) is 0 Å². The lowest BCUT2D eigenvalue weighted by Gasteiger charge is -2.28. The van der Waals surface area contributed by atoms with Crippen molar-refractivity contribution in [2.24, 2.45) is 0 Å². The fraction of sp³-hybridized carbons (Fsp3) is 0.167. The molecule has 3 heteroatoms. The summed E-state index contributed by atoms with van der Waals surface area (Å²) in [5.41, 5.74) is 3.63. The van der Waals surface area contributed by atoms with Crippen molar-refractivity contribution in [3.05, 3.63) is 72.1 Å². The molecule has 3 nitrogen and oxygen atoms in total. The van der Waals surface area contributed by atoms with Crippen molar-refractivity contribution in [2.75, 3.05) is 16.3 Å². The number of hydrogen-bond acceptors (Lipinski definition) is 3. The molecule has 0 N–H and O–H groups in total. The van der Waals surface area contributed by atoms with Gasteiger partial charge in [0.15, 0.2) is 5.78 Å². The molecule has 2 aromatic rings. The van der Waals surface area contributed by atoms with E-state index in [4.69, 9.17) is 0 Å². The first kappa shape index (κ1) is 12.2. The fourth-order valence-electron chi connectivity index (χ4n) is 3.07. The van der Waals surface area contributed by atoms with Gasteiger partial charge in [-0.15, -0.1) is 0 Å². The van der Waals surface area contributed by atoms with E-state index in [2.05, 4.69) is 58.3 Å². The van der Waals surface area contributed by atoms with Crippen molar-refractivity contribution in [2.45, 2.75) is 13.0 Å². The third-order valence-electron chi connectivity index (χ3n) is 4.07. The third-order valence-corrected chi connectivity index (χ3v) is 4.07. The smallest absolute Gasteiger partial charge is 0.161 e. The lowest BCUT2D eigenvalue weighted by molar-refractivity contribution is -0.114. The second-order valence-corrected chi connectivity index (χ2v) is 5.43. The number of nitrogens with zero attached hydrogens (tertiary/aromatic N) is 2. The van der Waals surface area contributed by atoms with E-state index in [9.17, 15) is 4.79 Å². The number of allylic oxidation sites excluding steroid dienone is 1. The molecule has 2 heterocycles. The SMILES string of the molecule is O=C1C=C2N(CC1)c1ccccc1N2Cc1ccccc1. The van der Waals surface area contributed by atoms with Crippen LogP contribution in [0, 0.1) is 0 Å². The van der Waals surface area contributed by atoms with E-state index in [0.29, 0.717) is 6.42 Å². The zero-order valence-corrected chi connectivity index (χ0v) is 11.7. The van der Waals surface area contributed by atoms with Crippen molar-refractivity contribution >= 4 is 17.2 Å². The number of benzene rings is 2. The minimum absolute atomic E-state index is 0.215. The Morgan fingerprint density at radius 2 is 1.62 bits per heavy atom. The predicted molar refractivity (Wildman–Crippen MR) is 84.1 cm³/mol. The summed E-state index contributed by atoms with van der Waals surface area (Å²) in [6, 6.07) is 18.7. The molecular formula is C18H16N2O. The third kappa shape index (κ3) is 2.02. The van der Waals surface area contributed by atoms with E-state index in [0.717, 1.165) is 18.9 Å². The van der Waals surface area contributed by atoms with Crippen LogP contribution in [-0.4, -0.2) is 12.3 Å². The van der Waals surface area contributed by atoms with Gasteiger partial charge in [0, 0.05) is 25.6 Å². The second-order valence-electron chi connectivity index (χ2n) is 5.43. The van der Waals surface area contributed by atoms with Gasteiger partial charge in [-0.05, 0) is 17.7 Å². The zero-order valence-electron chi connectivity index (χ0n) is 11.7. The molecule has 0 bridgehead atoms. The molecule has 0 saturated heterocycles. The maximum Gasteiger partial charge on any atom is 0.161 e. The van der Waals surface area contributed by atoms with Gasteiger partial charge >= 0.3 is 0 Å². The van der Waals surface area contributed by atoms with E-state index in [-0.39, 0.29) is 5.78 Å². The molecule has 0 amide bonds. The van der Waals surface area contributed by atoms with Gasteiger partial charge in [0.2, 0.25) is 0 Å². The van der Waals surface area contributed by atoms with Crippen molar-refractivity contribution in [1.82, 2.24) is 0 Å². The monoisotopic (exact) mass is 276 g/mol. The molecule has 0 aliphatic carbocycles. The summed E-state index contributed by atoms with van der Waals surface area (Å²) < 4.78 is 0. The van der Waals surface area contributed by atoms with Crippen LogP contribution in [0.5, 0.6) is 0 Å². The van der Waals surface area contributed by atoms with Gasteiger partial charge in [-0.1, -0.05) is 42.5 Å². The molecule has 104 valence electrons. The topological polar surface area (TPSA) is 23.6 Å². The standard InChI is InChI=1S/C18H16N2O/c21-15-10-11-19-16-8-4-5-9-17(16)20(18(19)12-15)13-14-6-2-1-3-7-14/h1-9,12H,10-11,13H2. The fourth-order valence-corrected chi connectivity index (χ4v) is 3.07. The van der Waals surface area contributed by atoms with Gasteiger partial charge in [-0.2, -0.15) is 0 Å². The van der Waals surface area contributed by atoms with Crippen LogP contribution in [0.25, 0.3) is 0 Å². The molecule has 4 rings (SSSR count). The Hall–Kier alpha value is -2.55. The van der Waals surface area contributed by atoms with E-state index >= 15 is 0 Å². The first-order valence-corrected chi connectivity index (χ1v) is 7.25. The van der Waals surface area contributed by atoms with Crippen LogP contribution in [0.2, 0.25) is 0 Å². The highest BCUT2D eigenvalue weighted by Gasteiger charge is 2.33. The molecule has 0 saturated carbocycles. The van der Waals surface area contributed by atoms with Crippen LogP contribution >= 0.6 is 0 Å². The Morgan fingerprint density at radius 1 is 0.905 bits per heavy atom. The summed E-state index contributed by atoms with van der Waals surface area (Å²) in [5.74, 6) is 1.23. The number of carbonyl (C=O) groups excluding carboxylic acids is 1. The van der Waals surface area contributed by atoms with Crippen LogP contribution in [-0.2, 0) is 11.3 Å². The summed E-state index contributed by atoms with van der Waals surface area (Å²) in [7, 11) is 0. The highest BCUT2D eigenvalue weighted by Crippen LogP contribution is 2.43. The Balaban J connectivity index is 1.78. The zero-order chi connectivity index (χ0) is 14.2. The molecule has 0 radical (unpaired) electrons. The number of fused-ring (bicyclic) bond motifs is 3. The number of hydrogen-bond donors (Lipinski definition) is 0. The number of para-hydroxylation sites is 2. The normalized spacial score (nSPS) is 16.6. The quantitative estimate of drug-likeness (QED) is 0.840. The summed E-state index contributed by atoms with van der Waals surface area (Å²) in [6.45, 7) is 1.56. The van der Waals surface area contributed by atoms with Crippen molar-refractivity contribution in [1.29, 1.82) is 0 Å². The van der Waals surface area contributed by atoms with Gasteiger partial charge in [0.1, 0.15) is 5.82 Å². The Labute approximate surface area is 124 Å². The molecule has 2 aliphatic heterocycles. The average Bonchev–Trinajstić information content (AvgIpc) is 2.82. The number of carbonyl (C=O) groups is 1. The maximum absolute atomic E-state index is 11.8. The largest absolute Gasteiger partial charge is 0.325 e. The Bertz CT molecular complexity index is 721. The molecule has 2 aromatic carbocycles. The van der Waals surface area contributed by atoms with Crippen LogP contribution in [0.4, 0.5) is 11.4 Å². The van der Waals surface area contributed by atoms with Crippen LogP contribution in [0.3, 0.4) is 0 Å². The predicted octanol–water partition coefficient (Wildman–Crippen LogP) is 3.33. The number of ketones is 1. The highest BCUT2D eigenvalue weighted by molar-refractivity contribution is 5.97. The molecule has 0 spiro atoms. The molecule has 0 aromatic heterocycles. The Morgan fingerprint density at radius 3 is 2.43 bits per heavy atom. The van der Waals surface area contributed by atoms with Crippen LogP contribution < -0.4 is 9.80 Å². The second kappa shape index (κ2) is 4.77. The lowest BCUT2D eigenvalue weighted by atomic mass is 10.2. The first-order valence-electron chi connectivity index (χ1n) is 7.25. The molecular weight excluding hydrogens is 260 g/mol.